The number of benzene rings is 1. The van der Waals surface area contributed by atoms with Crippen molar-refractivity contribution in [3.8, 4) is 0 Å². The van der Waals surface area contributed by atoms with Crippen molar-refractivity contribution in [2.45, 2.75) is 38.6 Å². The van der Waals surface area contributed by atoms with E-state index in [-0.39, 0.29) is 12.4 Å². The molecule has 0 radical (unpaired) electrons. The van der Waals surface area contributed by atoms with Gasteiger partial charge in [0.1, 0.15) is 5.84 Å². The van der Waals surface area contributed by atoms with Crippen LogP contribution in [0.4, 0.5) is 5.69 Å². The second-order valence-electron chi connectivity index (χ2n) is 5.27. The molecule has 104 valence electrons. The van der Waals surface area contributed by atoms with Gasteiger partial charge in [-0.15, -0.1) is 0 Å². The van der Waals surface area contributed by atoms with E-state index in [4.69, 9.17) is 16.2 Å². The van der Waals surface area contributed by atoms with Crippen LogP contribution < -0.4 is 10.6 Å². The number of hydrogen-bond donors (Lipinski definition) is 3. The first-order valence-electron chi connectivity index (χ1n) is 6.96. The predicted molar refractivity (Wildman–Crippen MR) is 78.9 cm³/mol. The number of nitrogen functional groups attached to an aromatic ring is 1. The molecule has 0 atom stereocenters. The maximum Gasteiger partial charge on any atom is 0.123 e. The van der Waals surface area contributed by atoms with Gasteiger partial charge in [0.15, 0.2) is 0 Å². The molecule has 19 heavy (non-hydrogen) atoms. The van der Waals surface area contributed by atoms with Gasteiger partial charge in [-0.3, -0.25) is 5.41 Å². The fourth-order valence-corrected chi connectivity index (χ4v) is 2.59. The van der Waals surface area contributed by atoms with Crippen molar-refractivity contribution in [2.75, 3.05) is 18.1 Å². The number of aliphatic hydroxyl groups is 1. The number of aliphatic hydroxyl groups excluding tert-OH is 1. The molecule has 0 saturated heterocycles. The highest BCUT2D eigenvalue weighted by atomic mass is 16.3. The summed E-state index contributed by atoms with van der Waals surface area (Å²) in [6, 6.07) is 6.68. The fourth-order valence-electron chi connectivity index (χ4n) is 2.59. The minimum Gasteiger partial charge on any atom is -0.396 e. The second kappa shape index (κ2) is 6.06. The molecule has 4 heteroatoms. The van der Waals surface area contributed by atoms with Crippen molar-refractivity contribution in [2.24, 2.45) is 5.73 Å². The van der Waals surface area contributed by atoms with Gasteiger partial charge < -0.3 is 15.7 Å². The summed E-state index contributed by atoms with van der Waals surface area (Å²) in [4.78, 5) is 2.39. The third-order valence-electron chi connectivity index (χ3n) is 3.90. The maximum absolute atomic E-state index is 9.03. The highest BCUT2D eigenvalue weighted by molar-refractivity contribution is 5.96. The SMILES string of the molecule is Cc1cc(N(CCCO)C2CCC2)ccc1C(=N)N. The van der Waals surface area contributed by atoms with Crippen LogP contribution in [0.1, 0.15) is 36.8 Å². The Hall–Kier alpha value is -1.55. The zero-order valence-electron chi connectivity index (χ0n) is 11.5. The van der Waals surface area contributed by atoms with Gasteiger partial charge in [0.25, 0.3) is 0 Å². The third kappa shape index (κ3) is 3.07. The Morgan fingerprint density at radius 1 is 1.47 bits per heavy atom. The van der Waals surface area contributed by atoms with E-state index in [1.807, 2.05) is 19.1 Å². The number of rotatable bonds is 6. The van der Waals surface area contributed by atoms with Crippen molar-refractivity contribution in [3.05, 3.63) is 29.3 Å². The molecule has 1 aliphatic carbocycles. The minimum atomic E-state index is 0.120. The number of nitrogens with zero attached hydrogens (tertiary/aromatic N) is 1. The molecule has 1 aromatic carbocycles. The van der Waals surface area contributed by atoms with E-state index in [1.54, 1.807) is 0 Å². The minimum absolute atomic E-state index is 0.120. The van der Waals surface area contributed by atoms with E-state index in [1.165, 1.54) is 24.9 Å². The van der Waals surface area contributed by atoms with Crippen LogP contribution in [0, 0.1) is 12.3 Å². The summed E-state index contributed by atoms with van der Waals surface area (Å²) < 4.78 is 0. The molecule has 2 rings (SSSR count). The smallest absolute Gasteiger partial charge is 0.123 e. The van der Waals surface area contributed by atoms with Gasteiger partial charge >= 0.3 is 0 Å². The molecule has 1 aliphatic rings. The van der Waals surface area contributed by atoms with Crippen LogP contribution in [-0.2, 0) is 0 Å². The van der Waals surface area contributed by atoms with Crippen molar-refractivity contribution < 1.29 is 5.11 Å². The standard InChI is InChI=1S/C15H23N3O/c1-11-10-13(6-7-14(11)15(16)17)18(8-3-9-19)12-4-2-5-12/h6-7,10,12,19H,2-5,8-9H2,1H3,(H3,16,17). The van der Waals surface area contributed by atoms with E-state index < -0.39 is 0 Å². The van der Waals surface area contributed by atoms with Gasteiger partial charge in [0.2, 0.25) is 0 Å². The highest BCUT2D eigenvalue weighted by Gasteiger charge is 2.25. The topological polar surface area (TPSA) is 73.3 Å². The van der Waals surface area contributed by atoms with Crippen LogP contribution in [0.25, 0.3) is 0 Å². The Bertz CT molecular complexity index is 455. The summed E-state index contributed by atoms with van der Waals surface area (Å²) >= 11 is 0. The first kappa shape index (κ1) is 13.9. The van der Waals surface area contributed by atoms with Crippen LogP contribution in [0.3, 0.4) is 0 Å². The zero-order valence-corrected chi connectivity index (χ0v) is 11.5. The molecule has 1 fully saturated rings. The third-order valence-corrected chi connectivity index (χ3v) is 3.90. The number of nitrogens with two attached hydrogens (primary N) is 1. The van der Waals surface area contributed by atoms with Gasteiger partial charge in [-0.1, -0.05) is 0 Å². The zero-order chi connectivity index (χ0) is 13.8. The molecule has 0 heterocycles. The van der Waals surface area contributed by atoms with E-state index >= 15 is 0 Å². The number of amidine groups is 1. The Labute approximate surface area is 114 Å². The molecule has 4 N–H and O–H groups in total. The van der Waals surface area contributed by atoms with Crippen molar-refractivity contribution in [3.63, 3.8) is 0 Å². The summed E-state index contributed by atoms with van der Waals surface area (Å²) in [6.45, 7) is 3.11. The molecule has 0 bridgehead atoms. The summed E-state index contributed by atoms with van der Waals surface area (Å²) in [7, 11) is 0. The summed E-state index contributed by atoms with van der Waals surface area (Å²) in [5.74, 6) is 0.120. The van der Waals surface area contributed by atoms with Gasteiger partial charge in [-0.05, 0) is 56.4 Å². The molecule has 0 amide bonds. The fraction of sp³-hybridized carbons (Fsp3) is 0.533. The van der Waals surface area contributed by atoms with E-state index in [9.17, 15) is 0 Å². The van der Waals surface area contributed by atoms with Crippen molar-refractivity contribution in [1.82, 2.24) is 0 Å². The first-order valence-corrected chi connectivity index (χ1v) is 6.96. The summed E-state index contributed by atoms with van der Waals surface area (Å²) in [6.07, 6.45) is 4.56. The molecular formula is C15H23N3O. The predicted octanol–water partition coefficient (Wildman–Crippen LogP) is 2.02. The van der Waals surface area contributed by atoms with Crippen LogP contribution in [0.2, 0.25) is 0 Å². The van der Waals surface area contributed by atoms with E-state index in [0.717, 1.165) is 24.1 Å². The normalized spacial score (nSPS) is 15.1. The maximum atomic E-state index is 9.03. The Morgan fingerprint density at radius 3 is 2.68 bits per heavy atom. The molecule has 0 aliphatic heterocycles. The average Bonchev–Trinajstić information content (AvgIpc) is 2.31. The quantitative estimate of drug-likeness (QED) is 0.542. The lowest BCUT2D eigenvalue weighted by atomic mass is 9.90. The summed E-state index contributed by atoms with van der Waals surface area (Å²) in [5.41, 5.74) is 8.58. The lowest BCUT2D eigenvalue weighted by molar-refractivity contribution is 0.283. The van der Waals surface area contributed by atoms with E-state index in [0.29, 0.717) is 6.04 Å². The Kier molecular flexibility index (Phi) is 4.43. The largest absolute Gasteiger partial charge is 0.396 e. The number of nitrogens with one attached hydrogen (secondary N) is 1. The monoisotopic (exact) mass is 261 g/mol. The first-order chi connectivity index (χ1) is 9.13. The molecule has 4 nitrogen and oxygen atoms in total. The van der Waals surface area contributed by atoms with Gasteiger partial charge in [-0.25, -0.2) is 0 Å². The van der Waals surface area contributed by atoms with Gasteiger partial charge in [0, 0.05) is 30.4 Å². The van der Waals surface area contributed by atoms with Crippen LogP contribution in [-0.4, -0.2) is 30.1 Å². The van der Waals surface area contributed by atoms with Gasteiger partial charge in [-0.2, -0.15) is 0 Å². The lowest BCUT2D eigenvalue weighted by Crippen LogP contribution is -2.41. The highest BCUT2D eigenvalue weighted by Crippen LogP contribution is 2.30. The molecular weight excluding hydrogens is 238 g/mol. The van der Waals surface area contributed by atoms with Crippen LogP contribution in [0.15, 0.2) is 18.2 Å². The molecule has 1 aromatic rings. The average molecular weight is 261 g/mol. The molecule has 0 aromatic heterocycles. The molecule has 1 saturated carbocycles. The van der Waals surface area contributed by atoms with Crippen molar-refractivity contribution >= 4 is 11.5 Å². The molecule has 0 unspecified atom stereocenters. The van der Waals surface area contributed by atoms with Crippen LogP contribution >= 0.6 is 0 Å². The second-order valence-corrected chi connectivity index (χ2v) is 5.27. The van der Waals surface area contributed by atoms with Crippen LogP contribution in [0.5, 0.6) is 0 Å². The lowest BCUT2D eigenvalue weighted by Gasteiger charge is -2.39. The van der Waals surface area contributed by atoms with Crippen molar-refractivity contribution in [1.29, 1.82) is 5.41 Å². The number of anilines is 1. The Balaban J connectivity index is 2.20. The Morgan fingerprint density at radius 2 is 2.21 bits per heavy atom. The molecule has 0 spiro atoms. The van der Waals surface area contributed by atoms with Gasteiger partial charge in [0.05, 0.1) is 0 Å². The summed E-state index contributed by atoms with van der Waals surface area (Å²) in [5, 5.41) is 16.6. The number of hydrogen-bond acceptors (Lipinski definition) is 3. The number of aryl methyl sites for hydroxylation is 1. The van der Waals surface area contributed by atoms with E-state index in [2.05, 4.69) is 11.0 Å².